The Hall–Kier alpha value is -2.34. The van der Waals surface area contributed by atoms with Gasteiger partial charge in [0.2, 0.25) is 5.91 Å². The molecule has 0 radical (unpaired) electrons. The Morgan fingerprint density at radius 1 is 1.17 bits per heavy atom. The molecule has 0 atom stereocenters. The first-order valence-electron chi connectivity index (χ1n) is 10.4. The molecule has 0 unspecified atom stereocenters. The lowest BCUT2D eigenvalue weighted by molar-refractivity contribution is -0.131. The van der Waals surface area contributed by atoms with Crippen LogP contribution in [0.3, 0.4) is 0 Å². The van der Waals surface area contributed by atoms with Gasteiger partial charge in [-0.15, -0.1) is 0 Å². The number of rotatable bonds is 7. The zero-order chi connectivity index (χ0) is 20.8. The molecule has 2 heterocycles. The Labute approximate surface area is 177 Å². The molecule has 0 aliphatic carbocycles. The van der Waals surface area contributed by atoms with E-state index in [9.17, 15) is 9.59 Å². The molecule has 29 heavy (non-hydrogen) atoms. The number of carbonyl (C=O) groups is 2. The number of amides is 2. The molecular formula is C22H29ClN4O2. The highest BCUT2D eigenvalue weighted by molar-refractivity contribution is 6.32. The number of carbonyl (C=O) groups excluding carboxylic acids is 2. The summed E-state index contributed by atoms with van der Waals surface area (Å²) in [5.74, 6) is 0.742. The summed E-state index contributed by atoms with van der Waals surface area (Å²) in [5, 5.41) is 4.89. The number of hydrogen-bond acceptors (Lipinski definition) is 3. The molecule has 2 amide bonds. The average molecular weight is 417 g/mol. The highest BCUT2D eigenvalue weighted by Crippen LogP contribution is 2.24. The van der Waals surface area contributed by atoms with Gasteiger partial charge in [-0.1, -0.05) is 23.7 Å². The molecule has 0 spiro atoms. The summed E-state index contributed by atoms with van der Waals surface area (Å²) >= 11 is 6.22. The van der Waals surface area contributed by atoms with E-state index in [1.54, 1.807) is 23.1 Å². The maximum absolute atomic E-state index is 12.8. The van der Waals surface area contributed by atoms with Gasteiger partial charge < -0.3 is 9.80 Å². The smallest absolute Gasteiger partial charge is 0.257 e. The molecule has 1 aromatic carbocycles. The molecule has 0 saturated carbocycles. The van der Waals surface area contributed by atoms with Gasteiger partial charge in [0.05, 0.1) is 22.5 Å². The maximum atomic E-state index is 12.8. The van der Waals surface area contributed by atoms with Crippen molar-refractivity contribution in [2.45, 2.75) is 39.5 Å². The van der Waals surface area contributed by atoms with E-state index in [2.05, 4.69) is 5.10 Å². The molecule has 7 heteroatoms. The first-order chi connectivity index (χ1) is 14.0. The van der Waals surface area contributed by atoms with Crippen molar-refractivity contribution in [1.82, 2.24) is 19.6 Å². The topological polar surface area (TPSA) is 58.4 Å². The Kier molecular flexibility index (Phi) is 7.31. The Morgan fingerprint density at radius 3 is 2.52 bits per heavy atom. The molecule has 1 aromatic heterocycles. The van der Waals surface area contributed by atoms with E-state index in [1.807, 2.05) is 41.8 Å². The van der Waals surface area contributed by atoms with Crippen LogP contribution in [0.5, 0.6) is 0 Å². The number of likely N-dealkylation sites (tertiary alicyclic amines) is 1. The second kappa shape index (κ2) is 9.92. The fourth-order valence-electron chi connectivity index (χ4n) is 3.87. The maximum Gasteiger partial charge on any atom is 0.257 e. The monoisotopic (exact) mass is 416 g/mol. The summed E-state index contributed by atoms with van der Waals surface area (Å²) in [7, 11) is 0. The molecule has 1 aliphatic heterocycles. The Balaban J connectivity index is 1.52. The van der Waals surface area contributed by atoms with Gasteiger partial charge in [-0.3, -0.25) is 9.59 Å². The van der Waals surface area contributed by atoms with Crippen LogP contribution in [0, 0.1) is 5.92 Å². The van der Waals surface area contributed by atoms with Crippen LogP contribution in [0.4, 0.5) is 0 Å². The fourth-order valence-corrected chi connectivity index (χ4v) is 4.09. The zero-order valence-corrected chi connectivity index (χ0v) is 17.9. The molecule has 1 saturated heterocycles. The van der Waals surface area contributed by atoms with Crippen LogP contribution >= 0.6 is 11.6 Å². The Bertz CT molecular complexity index is 839. The second-order valence-electron chi connectivity index (χ2n) is 7.47. The highest BCUT2D eigenvalue weighted by Gasteiger charge is 2.25. The summed E-state index contributed by atoms with van der Waals surface area (Å²) in [4.78, 5) is 28.8. The predicted molar refractivity (Wildman–Crippen MR) is 114 cm³/mol. The van der Waals surface area contributed by atoms with E-state index in [0.29, 0.717) is 22.9 Å². The lowest BCUT2D eigenvalue weighted by Gasteiger charge is -2.32. The van der Waals surface area contributed by atoms with Crippen LogP contribution in [0.1, 0.15) is 49.9 Å². The number of para-hydroxylation sites is 1. The van der Waals surface area contributed by atoms with Gasteiger partial charge in [0.1, 0.15) is 0 Å². The molecule has 0 bridgehead atoms. The summed E-state index contributed by atoms with van der Waals surface area (Å²) in [5.41, 5.74) is 1.32. The van der Waals surface area contributed by atoms with E-state index in [-0.39, 0.29) is 11.8 Å². The van der Waals surface area contributed by atoms with E-state index < -0.39 is 0 Å². The van der Waals surface area contributed by atoms with Crippen molar-refractivity contribution in [3.63, 3.8) is 0 Å². The van der Waals surface area contributed by atoms with Crippen LogP contribution in [-0.4, -0.2) is 57.6 Å². The molecule has 0 N–H and O–H groups in total. The van der Waals surface area contributed by atoms with Crippen LogP contribution < -0.4 is 0 Å². The average Bonchev–Trinajstić information content (AvgIpc) is 3.23. The summed E-state index contributed by atoms with van der Waals surface area (Å²) in [6.45, 7) is 7.01. The molecule has 6 nitrogen and oxygen atoms in total. The highest BCUT2D eigenvalue weighted by atomic mass is 35.5. The summed E-state index contributed by atoms with van der Waals surface area (Å²) in [6, 6.07) is 7.42. The lowest BCUT2D eigenvalue weighted by atomic mass is 9.91. The molecule has 1 fully saturated rings. The second-order valence-corrected chi connectivity index (χ2v) is 7.87. The number of aromatic nitrogens is 2. The number of nitrogens with zero attached hydrogens (tertiary/aromatic N) is 4. The Morgan fingerprint density at radius 2 is 1.86 bits per heavy atom. The van der Waals surface area contributed by atoms with Crippen molar-refractivity contribution < 1.29 is 9.59 Å². The molecule has 2 aromatic rings. The first kappa shape index (κ1) is 21.4. The normalized spacial score (nSPS) is 14.8. The van der Waals surface area contributed by atoms with Gasteiger partial charge in [0.15, 0.2) is 0 Å². The zero-order valence-electron chi connectivity index (χ0n) is 17.2. The number of benzene rings is 1. The van der Waals surface area contributed by atoms with Gasteiger partial charge in [-0.05, 0) is 51.2 Å². The SMILES string of the molecule is CCN(CC)C(=O)CCC1CCN(C(=O)c2cnn(-c3ccccc3Cl)c2)CC1. The summed E-state index contributed by atoms with van der Waals surface area (Å²) < 4.78 is 1.64. The largest absolute Gasteiger partial charge is 0.343 e. The summed E-state index contributed by atoms with van der Waals surface area (Å²) in [6.07, 6.45) is 6.72. The number of hydrogen-bond donors (Lipinski definition) is 0. The minimum Gasteiger partial charge on any atom is -0.343 e. The van der Waals surface area contributed by atoms with Gasteiger partial charge in [-0.2, -0.15) is 5.10 Å². The standard InChI is InChI=1S/C22H29ClN4O2/c1-3-25(4-2)21(28)10-9-17-11-13-26(14-12-17)22(29)18-15-24-27(16-18)20-8-6-5-7-19(20)23/h5-8,15-17H,3-4,9-14H2,1-2H3. The predicted octanol–water partition coefficient (Wildman–Crippen LogP) is 4.03. The fraction of sp³-hybridized carbons (Fsp3) is 0.500. The minimum atomic E-state index is 0.000899. The van der Waals surface area contributed by atoms with E-state index in [1.165, 1.54) is 0 Å². The van der Waals surface area contributed by atoms with Gasteiger partial charge in [0.25, 0.3) is 5.91 Å². The molecule has 3 rings (SSSR count). The van der Waals surface area contributed by atoms with Crippen molar-refractivity contribution in [2.75, 3.05) is 26.2 Å². The van der Waals surface area contributed by atoms with E-state index >= 15 is 0 Å². The molecule has 1 aliphatic rings. The van der Waals surface area contributed by atoms with E-state index in [4.69, 9.17) is 11.6 Å². The van der Waals surface area contributed by atoms with E-state index in [0.717, 1.165) is 51.1 Å². The first-order valence-corrected chi connectivity index (χ1v) is 10.8. The molecular weight excluding hydrogens is 388 g/mol. The van der Waals surface area contributed by atoms with Crippen molar-refractivity contribution in [3.8, 4) is 5.69 Å². The quantitative estimate of drug-likeness (QED) is 0.684. The van der Waals surface area contributed by atoms with Crippen LogP contribution in [-0.2, 0) is 4.79 Å². The molecule has 156 valence electrons. The van der Waals surface area contributed by atoms with Crippen molar-refractivity contribution in [2.24, 2.45) is 5.92 Å². The van der Waals surface area contributed by atoms with Gasteiger partial charge in [-0.25, -0.2) is 4.68 Å². The third kappa shape index (κ3) is 5.18. The third-order valence-corrected chi connectivity index (χ3v) is 6.03. The third-order valence-electron chi connectivity index (χ3n) is 5.71. The van der Waals surface area contributed by atoms with Crippen LogP contribution in [0.2, 0.25) is 5.02 Å². The number of piperidine rings is 1. The lowest BCUT2D eigenvalue weighted by Crippen LogP contribution is -2.38. The van der Waals surface area contributed by atoms with Crippen molar-refractivity contribution >= 4 is 23.4 Å². The van der Waals surface area contributed by atoms with Crippen molar-refractivity contribution in [3.05, 3.63) is 47.2 Å². The number of halogens is 1. The van der Waals surface area contributed by atoms with Gasteiger partial charge >= 0.3 is 0 Å². The van der Waals surface area contributed by atoms with Crippen LogP contribution in [0.15, 0.2) is 36.7 Å². The van der Waals surface area contributed by atoms with Gasteiger partial charge in [0, 0.05) is 38.8 Å². The minimum absolute atomic E-state index is 0.000899. The van der Waals surface area contributed by atoms with Crippen LogP contribution in [0.25, 0.3) is 5.69 Å². The van der Waals surface area contributed by atoms with Crippen molar-refractivity contribution in [1.29, 1.82) is 0 Å².